The van der Waals surface area contributed by atoms with Crippen LogP contribution in [0.4, 0.5) is 23.7 Å². The molecule has 3 rings (SSSR count). The molecule has 1 N–H and O–H groups in total. The smallest absolute Gasteiger partial charge is 0.416 e. The van der Waals surface area contributed by atoms with Crippen molar-refractivity contribution < 1.29 is 22.7 Å². The summed E-state index contributed by atoms with van der Waals surface area (Å²) in [7, 11) is 0. The molecule has 0 saturated carbocycles. The van der Waals surface area contributed by atoms with Crippen LogP contribution in [0.2, 0.25) is 0 Å². The summed E-state index contributed by atoms with van der Waals surface area (Å²) in [6.07, 6.45) is -2.48. The van der Waals surface area contributed by atoms with Crippen LogP contribution < -0.4 is 10.1 Å². The molecule has 0 radical (unpaired) electrons. The van der Waals surface area contributed by atoms with Crippen molar-refractivity contribution in [1.29, 1.82) is 0 Å². The van der Waals surface area contributed by atoms with Crippen LogP contribution >= 0.6 is 0 Å². The number of rotatable bonds is 3. The summed E-state index contributed by atoms with van der Waals surface area (Å²) in [6, 6.07) is 5.71. The highest BCUT2D eigenvalue weighted by Gasteiger charge is 2.31. The highest BCUT2D eigenvalue weighted by Crippen LogP contribution is 2.30. The molecule has 0 spiro atoms. The van der Waals surface area contributed by atoms with Gasteiger partial charge in [-0.3, -0.25) is 0 Å². The number of aromatic nitrogens is 2. The normalized spacial score (nSPS) is 17.2. The first-order chi connectivity index (χ1) is 12.3. The molecule has 1 aromatic carbocycles. The number of halogens is 3. The van der Waals surface area contributed by atoms with Crippen molar-refractivity contribution in [3.05, 3.63) is 47.9 Å². The topological polar surface area (TPSA) is 67.3 Å². The minimum atomic E-state index is -4.46. The van der Waals surface area contributed by atoms with Crippen LogP contribution in [0.1, 0.15) is 17.8 Å². The second-order valence-corrected chi connectivity index (χ2v) is 5.93. The van der Waals surface area contributed by atoms with Gasteiger partial charge in [0, 0.05) is 30.9 Å². The first-order valence-electron chi connectivity index (χ1n) is 8.01. The highest BCUT2D eigenvalue weighted by molar-refractivity contribution is 5.89. The van der Waals surface area contributed by atoms with Crippen LogP contribution in [-0.2, 0) is 6.18 Å². The summed E-state index contributed by atoms with van der Waals surface area (Å²) in [5, 5.41) is 2.50. The number of benzene rings is 1. The lowest BCUT2D eigenvalue weighted by Crippen LogP contribution is -2.34. The molecule has 1 saturated heterocycles. The molecule has 1 aliphatic heterocycles. The van der Waals surface area contributed by atoms with E-state index in [0.29, 0.717) is 31.2 Å². The lowest BCUT2D eigenvalue weighted by Gasteiger charge is -2.18. The van der Waals surface area contributed by atoms with Gasteiger partial charge in [-0.15, -0.1) is 0 Å². The van der Waals surface area contributed by atoms with Gasteiger partial charge < -0.3 is 15.0 Å². The Labute approximate surface area is 148 Å². The maximum Gasteiger partial charge on any atom is 0.416 e. The fraction of sp³-hybridized carbons (Fsp3) is 0.353. The van der Waals surface area contributed by atoms with E-state index in [1.54, 1.807) is 19.2 Å². The van der Waals surface area contributed by atoms with Gasteiger partial charge in [0.2, 0.25) is 5.88 Å². The number of nitrogens with zero attached hydrogens (tertiary/aromatic N) is 3. The summed E-state index contributed by atoms with van der Waals surface area (Å²) in [6.45, 7) is 2.52. The van der Waals surface area contributed by atoms with Gasteiger partial charge in [0.05, 0.1) is 12.1 Å². The predicted molar refractivity (Wildman–Crippen MR) is 87.8 cm³/mol. The zero-order chi connectivity index (χ0) is 18.7. The van der Waals surface area contributed by atoms with Crippen molar-refractivity contribution in [2.75, 3.05) is 18.4 Å². The van der Waals surface area contributed by atoms with Crippen molar-refractivity contribution >= 4 is 11.7 Å². The number of carbonyl (C=O) groups is 1. The van der Waals surface area contributed by atoms with Crippen LogP contribution in [0, 0.1) is 6.92 Å². The molecule has 1 unspecified atom stereocenters. The average molecular weight is 366 g/mol. The van der Waals surface area contributed by atoms with E-state index >= 15 is 0 Å². The lowest BCUT2D eigenvalue weighted by molar-refractivity contribution is -0.137. The maximum absolute atomic E-state index is 12.7. The van der Waals surface area contributed by atoms with Crippen molar-refractivity contribution in [1.82, 2.24) is 14.9 Å². The van der Waals surface area contributed by atoms with Crippen molar-refractivity contribution in [2.45, 2.75) is 25.6 Å². The molecule has 6 nitrogen and oxygen atoms in total. The van der Waals surface area contributed by atoms with Gasteiger partial charge >= 0.3 is 12.2 Å². The number of hydrogen-bond acceptors (Lipinski definition) is 4. The van der Waals surface area contributed by atoms with Crippen LogP contribution in [0.15, 0.2) is 36.5 Å². The number of aryl methyl sites for hydroxylation is 1. The van der Waals surface area contributed by atoms with E-state index in [1.807, 2.05) is 0 Å². The summed E-state index contributed by atoms with van der Waals surface area (Å²) < 4.78 is 44.0. The van der Waals surface area contributed by atoms with E-state index in [-0.39, 0.29) is 11.8 Å². The first-order valence-corrected chi connectivity index (χ1v) is 8.01. The minimum Gasteiger partial charge on any atom is -0.472 e. The van der Waals surface area contributed by atoms with E-state index in [0.717, 1.165) is 12.1 Å². The molecule has 9 heteroatoms. The number of hydrogen-bond donors (Lipinski definition) is 1. The largest absolute Gasteiger partial charge is 0.472 e. The molecule has 0 aliphatic carbocycles. The zero-order valence-corrected chi connectivity index (χ0v) is 14.0. The fourth-order valence-corrected chi connectivity index (χ4v) is 2.66. The number of ether oxygens (including phenoxy) is 1. The van der Waals surface area contributed by atoms with Gasteiger partial charge in [0.25, 0.3) is 0 Å². The van der Waals surface area contributed by atoms with Gasteiger partial charge in [-0.05, 0) is 25.1 Å². The molecule has 26 heavy (non-hydrogen) atoms. The van der Waals surface area contributed by atoms with Crippen molar-refractivity contribution in [3.8, 4) is 5.88 Å². The van der Waals surface area contributed by atoms with Crippen molar-refractivity contribution in [2.24, 2.45) is 0 Å². The Bertz CT molecular complexity index is 798. The zero-order valence-electron chi connectivity index (χ0n) is 14.0. The fourth-order valence-electron chi connectivity index (χ4n) is 2.66. The SMILES string of the molecule is Cc1nccc(OC2CCN(C(=O)Nc3cccc(C(F)(F)F)c3)C2)n1. The van der Waals surface area contributed by atoms with Gasteiger partial charge in [-0.2, -0.15) is 18.2 Å². The third kappa shape index (κ3) is 4.41. The number of anilines is 1. The van der Waals surface area contributed by atoms with E-state index in [1.165, 1.54) is 17.0 Å². The molecule has 1 aliphatic rings. The monoisotopic (exact) mass is 366 g/mol. The Kier molecular flexibility index (Phi) is 4.97. The molecule has 2 aromatic rings. The number of carbonyl (C=O) groups excluding carboxylic acids is 1. The van der Waals surface area contributed by atoms with Gasteiger partial charge in [-0.1, -0.05) is 6.07 Å². The Hall–Kier alpha value is -2.84. The summed E-state index contributed by atoms with van der Waals surface area (Å²) in [4.78, 5) is 21.9. The number of amides is 2. The maximum atomic E-state index is 12.7. The predicted octanol–water partition coefficient (Wildman–Crippen LogP) is 3.49. The van der Waals surface area contributed by atoms with E-state index in [2.05, 4.69) is 15.3 Å². The summed E-state index contributed by atoms with van der Waals surface area (Å²) in [5.41, 5.74) is -0.710. The number of nitrogens with one attached hydrogen (secondary N) is 1. The Morgan fingerprint density at radius 1 is 1.35 bits per heavy atom. The molecular weight excluding hydrogens is 349 g/mol. The standard InChI is InChI=1S/C17H17F3N4O2/c1-11-21-7-5-15(22-11)26-14-6-8-24(10-14)16(25)23-13-4-2-3-12(9-13)17(18,19)20/h2-5,7,9,14H,6,8,10H2,1H3,(H,23,25). The third-order valence-corrected chi connectivity index (χ3v) is 3.91. The van der Waals surface area contributed by atoms with Gasteiger partial charge in [0.1, 0.15) is 11.9 Å². The quantitative estimate of drug-likeness (QED) is 0.903. The Balaban J connectivity index is 1.58. The number of likely N-dealkylation sites (tertiary alicyclic amines) is 1. The third-order valence-electron chi connectivity index (χ3n) is 3.91. The Morgan fingerprint density at radius 3 is 2.88 bits per heavy atom. The van der Waals surface area contributed by atoms with Gasteiger partial charge in [-0.25, -0.2) is 9.78 Å². The lowest BCUT2D eigenvalue weighted by atomic mass is 10.2. The van der Waals surface area contributed by atoms with Crippen molar-refractivity contribution in [3.63, 3.8) is 0 Å². The second-order valence-electron chi connectivity index (χ2n) is 5.93. The van der Waals surface area contributed by atoms with Crippen LogP contribution in [0.5, 0.6) is 5.88 Å². The molecular formula is C17H17F3N4O2. The van der Waals surface area contributed by atoms with E-state index in [4.69, 9.17) is 4.74 Å². The molecule has 2 amide bonds. The van der Waals surface area contributed by atoms with E-state index < -0.39 is 17.8 Å². The van der Waals surface area contributed by atoms with E-state index in [9.17, 15) is 18.0 Å². The summed E-state index contributed by atoms with van der Waals surface area (Å²) in [5.74, 6) is 1.02. The number of alkyl halides is 3. The summed E-state index contributed by atoms with van der Waals surface area (Å²) >= 11 is 0. The average Bonchev–Trinajstić information content (AvgIpc) is 3.03. The van der Waals surface area contributed by atoms with Crippen LogP contribution in [0.3, 0.4) is 0 Å². The van der Waals surface area contributed by atoms with Gasteiger partial charge in [0.15, 0.2) is 0 Å². The molecule has 2 heterocycles. The Morgan fingerprint density at radius 2 is 2.15 bits per heavy atom. The number of urea groups is 1. The first kappa shape index (κ1) is 18.0. The molecule has 0 bridgehead atoms. The minimum absolute atomic E-state index is 0.0978. The van der Waals surface area contributed by atoms with Crippen LogP contribution in [-0.4, -0.2) is 40.1 Å². The van der Waals surface area contributed by atoms with Crippen LogP contribution in [0.25, 0.3) is 0 Å². The molecule has 138 valence electrons. The second kappa shape index (κ2) is 7.19. The molecule has 1 aromatic heterocycles. The highest BCUT2D eigenvalue weighted by atomic mass is 19.4. The molecule has 1 fully saturated rings. The molecule has 1 atom stereocenters.